The lowest BCUT2D eigenvalue weighted by molar-refractivity contribution is 0.354. The molecule has 0 radical (unpaired) electrons. The molecule has 0 amide bonds. The Hall–Kier alpha value is -1.60. The number of thioether (sulfide) groups is 2. The summed E-state index contributed by atoms with van der Waals surface area (Å²) in [7, 11) is 3.20. The molecule has 0 aliphatic carbocycles. The van der Waals surface area contributed by atoms with Crippen LogP contribution in [0, 0.1) is 0 Å². The van der Waals surface area contributed by atoms with E-state index in [4.69, 9.17) is 14.5 Å². The van der Waals surface area contributed by atoms with Crippen molar-refractivity contribution in [3.63, 3.8) is 0 Å². The Morgan fingerprint density at radius 2 is 2.08 bits per heavy atom. The molecule has 1 aromatic carbocycles. The van der Waals surface area contributed by atoms with Crippen molar-refractivity contribution in [2.45, 2.75) is 36.2 Å². The number of aromatic nitrogens is 2. The Morgan fingerprint density at radius 3 is 2.80 bits per heavy atom. The lowest BCUT2D eigenvalue weighted by atomic mass is 10.2. The molecule has 1 aliphatic heterocycles. The van der Waals surface area contributed by atoms with E-state index < -0.39 is 0 Å². The van der Waals surface area contributed by atoms with E-state index in [1.54, 1.807) is 42.3 Å². The minimum absolute atomic E-state index is 0.0127. The fraction of sp³-hybridized carbons (Fsp3) is 0.444. The van der Waals surface area contributed by atoms with Gasteiger partial charge in [-0.25, -0.2) is 4.98 Å². The number of nitrogens with zero attached hydrogens (tertiary/aromatic N) is 2. The van der Waals surface area contributed by atoms with Gasteiger partial charge in [0.25, 0.3) is 5.56 Å². The second-order valence-corrected chi connectivity index (χ2v) is 7.82. The third kappa shape index (κ3) is 3.67. The molecule has 1 aliphatic rings. The van der Waals surface area contributed by atoms with Crippen LogP contribution in [0.1, 0.15) is 25.5 Å². The average molecular weight is 379 g/mol. The molecule has 0 unspecified atom stereocenters. The molecule has 134 valence electrons. The quantitative estimate of drug-likeness (QED) is 0.415. The topological polar surface area (TPSA) is 53.4 Å². The summed E-state index contributed by atoms with van der Waals surface area (Å²) in [4.78, 5) is 18.7. The van der Waals surface area contributed by atoms with Crippen LogP contribution in [0.3, 0.4) is 0 Å². The molecule has 0 saturated carbocycles. The van der Waals surface area contributed by atoms with Crippen LogP contribution >= 0.6 is 23.5 Å². The van der Waals surface area contributed by atoms with Crippen LogP contribution in [0.4, 0.5) is 0 Å². The molecule has 25 heavy (non-hydrogen) atoms. The molecule has 3 rings (SSSR count). The Kier molecular flexibility index (Phi) is 5.96. The van der Waals surface area contributed by atoms with Gasteiger partial charge in [-0.05, 0) is 18.6 Å². The third-order valence-corrected chi connectivity index (χ3v) is 6.15. The maximum absolute atomic E-state index is 13.1. The van der Waals surface area contributed by atoms with Gasteiger partial charge in [0.05, 0.1) is 30.5 Å². The second kappa shape index (κ2) is 8.19. The predicted octanol–water partition coefficient (Wildman–Crippen LogP) is 3.79. The number of fused-ring (bicyclic) bond motifs is 1. The van der Waals surface area contributed by atoms with Crippen LogP contribution in [-0.4, -0.2) is 35.3 Å². The Morgan fingerprint density at radius 1 is 1.28 bits per heavy atom. The number of ether oxygens (including phenoxy) is 2. The van der Waals surface area contributed by atoms with Crippen molar-refractivity contribution in [3.8, 4) is 17.2 Å². The number of aryl methyl sites for hydroxylation is 1. The van der Waals surface area contributed by atoms with Gasteiger partial charge < -0.3 is 9.47 Å². The standard InChI is InChI=1S/C18H22N2O3S2/c1-4-5-9-25-18-19-13-8-10-24-16(13)17(21)20(18)12-6-7-14(22-2)15(11-12)23-3/h6-7,11H,4-5,8-10H2,1-3H3. The Balaban J connectivity index is 2.12. The molecule has 1 aromatic heterocycles. The van der Waals surface area contributed by atoms with E-state index >= 15 is 0 Å². The van der Waals surface area contributed by atoms with Crippen molar-refractivity contribution < 1.29 is 9.47 Å². The van der Waals surface area contributed by atoms with Crippen LogP contribution in [0.2, 0.25) is 0 Å². The minimum Gasteiger partial charge on any atom is -0.493 e. The molecule has 0 bridgehead atoms. The Labute approximate surface area is 156 Å². The van der Waals surface area contributed by atoms with E-state index in [1.165, 1.54) is 0 Å². The molecule has 0 atom stereocenters. The maximum atomic E-state index is 13.1. The lowest BCUT2D eigenvalue weighted by Gasteiger charge is -2.15. The Bertz CT molecular complexity index is 821. The molecular weight excluding hydrogens is 356 g/mol. The van der Waals surface area contributed by atoms with Crippen LogP contribution in [0.25, 0.3) is 5.69 Å². The molecule has 0 spiro atoms. The first-order valence-corrected chi connectivity index (χ1v) is 10.3. The van der Waals surface area contributed by atoms with Crippen molar-refractivity contribution >= 4 is 23.5 Å². The number of rotatable bonds is 7. The van der Waals surface area contributed by atoms with Crippen LogP contribution < -0.4 is 15.0 Å². The number of unbranched alkanes of at least 4 members (excludes halogenated alkanes) is 1. The van der Waals surface area contributed by atoms with Crippen molar-refractivity contribution in [1.82, 2.24) is 9.55 Å². The highest BCUT2D eigenvalue weighted by molar-refractivity contribution is 7.99. The van der Waals surface area contributed by atoms with E-state index in [0.717, 1.165) is 52.2 Å². The molecule has 0 fully saturated rings. The SMILES string of the molecule is CCCCSc1nc2c(c(=O)n1-c1ccc(OC)c(OC)c1)SCC2. The summed E-state index contributed by atoms with van der Waals surface area (Å²) in [6, 6.07) is 5.53. The van der Waals surface area contributed by atoms with E-state index in [-0.39, 0.29) is 5.56 Å². The van der Waals surface area contributed by atoms with Crippen molar-refractivity contribution in [1.29, 1.82) is 0 Å². The summed E-state index contributed by atoms with van der Waals surface area (Å²) >= 11 is 3.24. The van der Waals surface area contributed by atoms with E-state index in [9.17, 15) is 4.79 Å². The normalized spacial score (nSPS) is 12.9. The van der Waals surface area contributed by atoms with Crippen molar-refractivity contribution in [2.75, 3.05) is 25.7 Å². The molecule has 5 nitrogen and oxygen atoms in total. The highest BCUT2D eigenvalue weighted by Crippen LogP contribution is 2.33. The minimum atomic E-state index is 0.0127. The van der Waals surface area contributed by atoms with Crippen molar-refractivity contribution in [3.05, 3.63) is 34.2 Å². The average Bonchev–Trinajstić information content (AvgIpc) is 3.10. The molecule has 2 aromatic rings. The first kappa shape index (κ1) is 18.2. The van der Waals surface area contributed by atoms with Crippen LogP contribution in [0.15, 0.2) is 33.0 Å². The highest BCUT2D eigenvalue weighted by atomic mass is 32.2. The molecule has 0 saturated heterocycles. The summed E-state index contributed by atoms with van der Waals surface area (Å²) in [5.74, 6) is 3.11. The van der Waals surface area contributed by atoms with Gasteiger partial charge in [0.15, 0.2) is 16.7 Å². The first-order valence-electron chi connectivity index (χ1n) is 8.33. The highest BCUT2D eigenvalue weighted by Gasteiger charge is 2.23. The van der Waals surface area contributed by atoms with E-state index in [1.807, 2.05) is 18.2 Å². The maximum Gasteiger partial charge on any atom is 0.272 e. The monoisotopic (exact) mass is 378 g/mol. The number of hydrogen-bond acceptors (Lipinski definition) is 6. The van der Waals surface area contributed by atoms with E-state index in [0.29, 0.717) is 11.5 Å². The van der Waals surface area contributed by atoms with Gasteiger partial charge in [0.1, 0.15) is 0 Å². The summed E-state index contributed by atoms with van der Waals surface area (Å²) in [5, 5.41) is 0.756. The summed E-state index contributed by atoms with van der Waals surface area (Å²) in [5.41, 5.74) is 1.70. The molecular formula is C18H22N2O3S2. The molecule has 7 heteroatoms. The van der Waals surface area contributed by atoms with Crippen LogP contribution in [0.5, 0.6) is 11.5 Å². The lowest BCUT2D eigenvalue weighted by Crippen LogP contribution is -2.24. The third-order valence-electron chi connectivity index (χ3n) is 4.02. The van der Waals surface area contributed by atoms with Crippen molar-refractivity contribution in [2.24, 2.45) is 0 Å². The second-order valence-electron chi connectivity index (χ2n) is 5.65. The smallest absolute Gasteiger partial charge is 0.272 e. The zero-order chi connectivity index (χ0) is 17.8. The largest absolute Gasteiger partial charge is 0.493 e. The fourth-order valence-corrected chi connectivity index (χ4v) is 4.82. The van der Waals surface area contributed by atoms with E-state index in [2.05, 4.69) is 6.92 Å². The van der Waals surface area contributed by atoms with Gasteiger partial charge in [-0.2, -0.15) is 0 Å². The fourth-order valence-electron chi connectivity index (χ4n) is 2.69. The predicted molar refractivity (Wildman–Crippen MR) is 103 cm³/mol. The van der Waals surface area contributed by atoms with Gasteiger partial charge in [-0.3, -0.25) is 9.36 Å². The first-order chi connectivity index (χ1) is 12.2. The van der Waals surface area contributed by atoms with Gasteiger partial charge in [0, 0.05) is 24.0 Å². The van der Waals surface area contributed by atoms with Gasteiger partial charge >= 0.3 is 0 Å². The molecule has 0 N–H and O–H groups in total. The van der Waals surface area contributed by atoms with Gasteiger partial charge in [-0.15, -0.1) is 11.8 Å². The summed E-state index contributed by atoms with van der Waals surface area (Å²) in [6.45, 7) is 2.16. The zero-order valence-corrected chi connectivity index (χ0v) is 16.3. The number of benzene rings is 1. The zero-order valence-electron chi connectivity index (χ0n) is 14.7. The number of hydrogen-bond donors (Lipinski definition) is 0. The molecule has 2 heterocycles. The van der Waals surface area contributed by atoms with Crippen LogP contribution in [-0.2, 0) is 6.42 Å². The summed E-state index contributed by atoms with van der Waals surface area (Å²) < 4.78 is 12.4. The summed E-state index contributed by atoms with van der Waals surface area (Å²) in [6.07, 6.45) is 3.08. The van der Waals surface area contributed by atoms with Gasteiger partial charge in [0.2, 0.25) is 0 Å². The number of methoxy groups -OCH3 is 2. The van der Waals surface area contributed by atoms with Gasteiger partial charge in [-0.1, -0.05) is 25.1 Å².